The average molecular weight is 307 g/mol. The van der Waals surface area contributed by atoms with Crippen LogP contribution in [0, 0.1) is 5.92 Å². The highest BCUT2D eigenvalue weighted by Gasteiger charge is 2.23. The van der Waals surface area contributed by atoms with Crippen molar-refractivity contribution in [2.45, 2.75) is 64.7 Å². The Hall–Kier alpha value is -1.16. The molecule has 0 bridgehead atoms. The van der Waals surface area contributed by atoms with Gasteiger partial charge in [-0.1, -0.05) is 50.2 Å². The van der Waals surface area contributed by atoms with Crippen LogP contribution in [0.3, 0.4) is 0 Å². The summed E-state index contributed by atoms with van der Waals surface area (Å²) in [6.07, 6.45) is 11.1. The van der Waals surface area contributed by atoms with Crippen LogP contribution < -0.4 is 0 Å². The molecule has 1 saturated carbocycles. The van der Waals surface area contributed by atoms with Crippen molar-refractivity contribution in [2.75, 3.05) is 0 Å². The third kappa shape index (κ3) is 5.27. The second-order valence-corrected chi connectivity index (χ2v) is 6.68. The van der Waals surface area contributed by atoms with Crippen molar-refractivity contribution in [1.29, 1.82) is 0 Å². The summed E-state index contributed by atoms with van der Waals surface area (Å²) in [6, 6.07) is 3.62. The van der Waals surface area contributed by atoms with Gasteiger partial charge in [0.25, 0.3) is 0 Å². The Morgan fingerprint density at radius 3 is 3.00 bits per heavy atom. The fourth-order valence-corrected chi connectivity index (χ4v) is 3.46. The lowest BCUT2D eigenvalue weighted by molar-refractivity contribution is 0.0519. The van der Waals surface area contributed by atoms with Gasteiger partial charge >= 0.3 is 5.97 Å². The topological polar surface area (TPSA) is 38.7 Å². The molecule has 1 aromatic rings. The molecule has 0 amide bonds. The molecule has 0 aromatic carbocycles. The Balaban J connectivity index is 1.75. The number of nitrogens with zero attached hydrogens (tertiary/aromatic N) is 1. The molecule has 0 saturated heterocycles. The maximum atomic E-state index is 11.8. The lowest BCUT2D eigenvalue weighted by Crippen LogP contribution is -2.09. The second-order valence-electron chi connectivity index (χ2n) is 5.73. The van der Waals surface area contributed by atoms with Crippen molar-refractivity contribution in [3.05, 3.63) is 22.4 Å². The summed E-state index contributed by atoms with van der Waals surface area (Å²) in [5.74, 6) is 0.203. The van der Waals surface area contributed by atoms with Crippen LogP contribution in [-0.4, -0.2) is 11.7 Å². The smallest absolute Gasteiger partial charge is 0.312 e. The van der Waals surface area contributed by atoms with Gasteiger partial charge in [0.2, 0.25) is 0 Å². The van der Waals surface area contributed by atoms with Gasteiger partial charge in [0, 0.05) is 5.92 Å². The molecular formula is C17H25NO2S. The fraction of sp³-hybridized carbons (Fsp3) is 0.647. The van der Waals surface area contributed by atoms with E-state index in [9.17, 15) is 4.79 Å². The molecule has 0 unspecified atom stereocenters. The number of carbonyl (C=O) groups excluding carboxylic acids is 1. The third-order valence-electron chi connectivity index (χ3n) is 4.08. The highest BCUT2D eigenvalue weighted by atomic mass is 32.1. The summed E-state index contributed by atoms with van der Waals surface area (Å²) in [5.41, 5.74) is 1.09. The summed E-state index contributed by atoms with van der Waals surface area (Å²) < 4.78 is 0. The Bertz CT molecular complexity index is 453. The van der Waals surface area contributed by atoms with Crippen LogP contribution in [0.15, 0.2) is 22.7 Å². The molecule has 0 radical (unpaired) electrons. The van der Waals surface area contributed by atoms with Gasteiger partial charge in [0.1, 0.15) is 4.88 Å². The maximum absolute atomic E-state index is 11.8. The molecule has 4 heteroatoms. The van der Waals surface area contributed by atoms with Crippen molar-refractivity contribution in [3.8, 4) is 0 Å². The summed E-state index contributed by atoms with van der Waals surface area (Å²) in [5, 5.41) is 6.02. The predicted molar refractivity (Wildman–Crippen MR) is 87.9 cm³/mol. The molecule has 21 heavy (non-hydrogen) atoms. The zero-order valence-corrected chi connectivity index (χ0v) is 13.7. The zero-order chi connectivity index (χ0) is 14.9. The third-order valence-corrected chi connectivity index (χ3v) is 4.93. The van der Waals surface area contributed by atoms with Crippen LogP contribution in [0.1, 0.15) is 74.4 Å². The van der Waals surface area contributed by atoms with E-state index in [2.05, 4.69) is 12.1 Å². The number of hydrogen-bond donors (Lipinski definition) is 0. The number of rotatable bonds is 8. The lowest BCUT2D eigenvalue weighted by atomic mass is 9.98. The minimum absolute atomic E-state index is 0.328. The Kier molecular flexibility index (Phi) is 6.93. The molecule has 2 rings (SSSR count). The Labute approximate surface area is 131 Å². The number of unbranched alkanes of at least 4 members (excludes halogenated alkanes) is 4. The van der Waals surface area contributed by atoms with Crippen LogP contribution >= 0.6 is 11.3 Å². The van der Waals surface area contributed by atoms with Gasteiger partial charge < -0.3 is 4.84 Å². The van der Waals surface area contributed by atoms with Gasteiger partial charge in [-0.3, -0.25) is 0 Å². The molecule has 1 heterocycles. The van der Waals surface area contributed by atoms with E-state index in [0.29, 0.717) is 10.8 Å². The van der Waals surface area contributed by atoms with Gasteiger partial charge in [0.05, 0.1) is 5.71 Å². The monoisotopic (exact) mass is 307 g/mol. The number of oxime groups is 1. The van der Waals surface area contributed by atoms with E-state index in [1.54, 1.807) is 6.07 Å². The highest BCUT2D eigenvalue weighted by molar-refractivity contribution is 7.11. The molecule has 1 aliphatic rings. The molecule has 1 atom stereocenters. The number of hydrogen-bond acceptors (Lipinski definition) is 4. The van der Waals surface area contributed by atoms with Crippen molar-refractivity contribution in [1.82, 2.24) is 0 Å². The van der Waals surface area contributed by atoms with Gasteiger partial charge in [-0.05, 0) is 37.1 Å². The predicted octanol–water partition coefficient (Wildman–Crippen LogP) is 5.42. The van der Waals surface area contributed by atoms with E-state index >= 15 is 0 Å². The summed E-state index contributed by atoms with van der Waals surface area (Å²) in [7, 11) is 0. The highest BCUT2D eigenvalue weighted by Crippen LogP contribution is 2.28. The van der Waals surface area contributed by atoms with Crippen LogP contribution in [0.5, 0.6) is 0 Å². The number of thiophene rings is 1. The van der Waals surface area contributed by atoms with E-state index in [0.717, 1.165) is 12.1 Å². The van der Waals surface area contributed by atoms with Crippen LogP contribution in [0.25, 0.3) is 0 Å². The van der Waals surface area contributed by atoms with Crippen LogP contribution in [-0.2, 0) is 4.84 Å². The number of carbonyl (C=O) groups is 1. The fourth-order valence-electron chi connectivity index (χ4n) is 2.87. The average Bonchev–Trinajstić information content (AvgIpc) is 3.16. The summed E-state index contributed by atoms with van der Waals surface area (Å²) in [6.45, 7) is 2.24. The minimum Gasteiger partial charge on any atom is -0.312 e. The van der Waals surface area contributed by atoms with Gasteiger partial charge in [-0.2, -0.15) is 0 Å². The van der Waals surface area contributed by atoms with E-state index in [1.807, 2.05) is 11.4 Å². The quantitative estimate of drug-likeness (QED) is 0.365. The molecule has 1 fully saturated rings. The van der Waals surface area contributed by atoms with E-state index in [1.165, 1.54) is 62.7 Å². The van der Waals surface area contributed by atoms with Crippen molar-refractivity contribution >= 4 is 23.0 Å². The van der Waals surface area contributed by atoms with Gasteiger partial charge in [-0.15, -0.1) is 11.3 Å². The van der Waals surface area contributed by atoms with Gasteiger partial charge in [-0.25, -0.2) is 4.79 Å². The van der Waals surface area contributed by atoms with E-state index < -0.39 is 0 Å². The largest absolute Gasteiger partial charge is 0.375 e. The maximum Gasteiger partial charge on any atom is 0.375 e. The second kappa shape index (κ2) is 8.98. The standard InChI is InChI=1S/C17H25NO2S/c1-2-3-4-5-6-9-14-10-7-11-15(14)18-20-17(19)16-12-8-13-21-16/h8,12-14H,2-7,9-11H2,1H3/b18-15-/t14-/m1/s1. The molecule has 1 aliphatic carbocycles. The Morgan fingerprint density at radius 1 is 1.38 bits per heavy atom. The molecule has 1 aromatic heterocycles. The summed E-state index contributed by atoms with van der Waals surface area (Å²) >= 11 is 1.39. The molecule has 0 aliphatic heterocycles. The molecule has 3 nitrogen and oxygen atoms in total. The van der Waals surface area contributed by atoms with Crippen LogP contribution in [0.2, 0.25) is 0 Å². The zero-order valence-electron chi connectivity index (χ0n) is 12.8. The minimum atomic E-state index is -0.328. The first kappa shape index (κ1) is 16.2. The molecule has 0 N–H and O–H groups in total. The normalized spacial score (nSPS) is 20.0. The first-order valence-corrected chi connectivity index (χ1v) is 9.01. The van der Waals surface area contributed by atoms with E-state index in [-0.39, 0.29) is 5.97 Å². The van der Waals surface area contributed by atoms with Crippen molar-refractivity contribution < 1.29 is 9.63 Å². The van der Waals surface area contributed by atoms with Crippen LogP contribution in [0.4, 0.5) is 0 Å². The van der Waals surface area contributed by atoms with Gasteiger partial charge in [0.15, 0.2) is 0 Å². The van der Waals surface area contributed by atoms with E-state index in [4.69, 9.17) is 4.84 Å². The van der Waals surface area contributed by atoms with Crippen molar-refractivity contribution in [3.63, 3.8) is 0 Å². The SMILES string of the molecule is CCCCCCC[C@@H]1CCC/C1=N/OC(=O)c1cccs1. The van der Waals surface area contributed by atoms with Crippen molar-refractivity contribution in [2.24, 2.45) is 11.1 Å². The Morgan fingerprint density at radius 2 is 2.24 bits per heavy atom. The summed E-state index contributed by atoms with van der Waals surface area (Å²) in [4.78, 5) is 17.5. The molecular weight excluding hydrogens is 282 g/mol. The molecule has 0 spiro atoms. The first-order valence-electron chi connectivity index (χ1n) is 8.13. The lowest BCUT2D eigenvalue weighted by Gasteiger charge is -2.10. The first-order chi connectivity index (χ1) is 10.3. The molecule has 116 valence electrons.